The molecular weight excluding hydrogens is 350 g/mol. The van der Waals surface area contributed by atoms with Gasteiger partial charge in [0, 0.05) is 27.6 Å². The fraction of sp³-hybridized carbons (Fsp3) is 0.316. The molecule has 2 aromatic carbocycles. The van der Waals surface area contributed by atoms with E-state index < -0.39 is 11.6 Å². The SMILES string of the molecule is CSc1ccc([C@@H]2CN(C)[C@]3(C(=O)Nc4ccccc43)[C@@H]2[N+](=O)[O-])cc1. The number of likely N-dealkylation sites (tertiary alicyclic amines) is 1. The molecule has 2 aromatic rings. The van der Waals surface area contributed by atoms with E-state index in [-0.39, 0.29) is 16.7 Å². The minimum Gasteiger partial charge on any atom is -0.324 e. The average molecular weight is 369 g/mol. The van der Waals surface area contributed by atoms with Gasteiger partial charge in [-0.15, -0.1) is 11.8 Å². The predicted octanol–water partition coefficient (Wildman–Crippen LogP) is 2.93. The third-order valence-corrected chi connectivity index (χ3v) is 6.33. The van der Waals surface area contributed by atoms with Crippen LogP contribution in [0.3, 0.4) is 0 Å². The molecule has 0 saturated carbocycles. The Morgan fingerprint density at radius 1 is 1.23 bits per heavy atom. The molecule has 1 saturated heterocycles. The van der Waals surface area contributed by atoms with E-state index in [2.05, 4.69) is 5.32 Å². The number of rotatable bonds is 3. The second kappa shape index (κ2) is 6.10. The molecule has 7 heteroatoms. The Bertz CT molecular complexity index is 886. The van der Waals surface area contributed by atoms with Crippen LogP contribution in [-0.4, -0.2) is 41.6 Å². The molecule has 1 spiro atoms. The summed E-state index contributed by atoms with van der Waals surface area (Å²) in [5.41, 5.74) is 0.973. The van der Waals surface area contributed by atoms with Crippen molar-refractivity contribution >= 4 is 23.4 Å². The second-order valence-electron chi connectivity index (χ2n) is 6.76. The van der Waals surface area contributed by atoms with Gasteiger partial charge in [-0.25, -0.2) is 0 Å². The number of nitro groups is 1. The molecule has 2 aliphatic rings. The van der Waals surface area contributed by atoms with Crippen molar-refractivity contribution in [3.05, 3.63) is 69.8 Å². The Labute approximate surface area is 155 Å². The molecule has 0 radical (unpaired) electrons. The van der Waals surface area contributed by atoms with Gasteiger partial charge in [0.1, 0.15) is 0 Å². The van der Waals surface area contributed by atoms with Crippen molar-refractivity contribution in [3.8, 4) is 0 Å². The number of fused-ring (bicyclic) bond motifs is 2. The molecule has 2 aliphatic heterocycles. The van der Waals surface area contributed by atoms with E-state index in [0.29, 0.717) is 17.8 Å². The first-order valence-corrected chi connectivity index (χ1v) is 9.62. The molecule has 0 bridgehead atoms. The summed E-state index contributed by atoms with van der Waals surface area (Å²) in [6, 6.07) is 14.1. The summed E-state index contributed by atoms with van der Waals surface area (Å²) in [6.45, 7) is 0.450. The van der Waals surface area contributed by atoms with Crippen LogP contribution in [0.5, 0.6) is 0 Å². The number of anilines is 1. The molecule has 4 rings (SSSR count). The van der Waals surface area contributed by atoms with Gasteiger partial charge in [-0.2, -0.15) is 0 Å². The predicted molar refractivity (Wildman–Crippen MR) is 101 cm³/mol. The van der Waals surface area contributed by atoms with Gasteiger partial charge < -0.3 is 5.32 Å². The van der Waals surface area contributed by atoms with Crippen molar-refractivity contribution in [2.24, 2.45) is 0 Å². The van der Waals surface area contributed by atoms with E-state index >= 15 is 0 Å². The summed E-state index contributed by atoms with van der Waals surface area (Å²) in [6.07, 6.45) is 1.99. The Morgan fingerprint density at radius 2 is 1.92 bits per heavy atom. The zero-order valence-electron chi connectivity index (χ0n) is 14.5. The first kappa shape index (κ1) is 17.1. The first-order valence-electron chi connectivity index (χ1n) is 8.39. The maximum absolute atomic E-state index is 13.0. The van der Waals surface area contributed by atoms with Gasteiger partial charge in [-0.3, -0.25) is 19.8 Å². The third-order valence-electron chi connectivity index (χ3n) is 5.58. The van der Waals surface area contributed by atoms with E-state index in [1.807, 2.05) is 53.6 Å². The van der Waals surface area contributed by atoms with Gasteiger partial charge >= 0.3 is 0 Å². The number of thioether (sulfide) groups is 1. The normalized spacial score (nSPS) is 27.5. The molecule has 6 nitrogen and oxygen atoms in total. The number of nitrogens with zero attached hydrogens (tertiary/aromatic N) is 2. The second-order valence-corrected chi connectivity index (χ2v) is 7.64. The van der Waals surface area contributed by atoms with Gasteiger partial charge in [0.2, 0.25) is 0 Å². The van der Waals surface area contributed by atoms with Crippen LogP contribution in [0.1, 0.15) is 17.0 Å². The number of hydrogen-bond donors (Lipinski definition) is 1. The summed E-state index contributed by atoms with van der Waals surface area (Å²) in [7, 11) is 1.80. The minimum atomic E-state index is -1.27. The molecular formula is C19H19N3O3S. The molecule has 0 aromatic heterocycles. The molecule has 0 aliphatic carbocycles. The zero-order chi connectivity index (χ0) is 18.5. The highest BCUT2D eigenvalue weighted by Gasteiger charge is 2.68. The van der Waals surface area contributed by atoms with E-state index in [1.54, 1.807) is 24.9 Å². The van der Waals surface area contributed by atoms with Crippen molar-refractivity contribution in [1.82, 2.24) is 4.90 Å². The van der Waals surface area contributed by atoms with Crippen molar-refractivity contribution < 1.29 is 9.72 Å². The molecule has 2 heterocycles. The highest BCUT2D eigenvalue weighted by molar-refractivity contribution is 7.98. The van der Waals surface area contributed by atoms with Crippen LogP contribution in [0.15, 0.2) is 53.4 Å². The van der Waals surface area contributed by atoms with Crippen molar-refractivity contribution in [1.29, 1.82) is 0 Å². The number of benzene rings is 2. The minimum absolute atomic E-state index is 0.279. The van der Waals surface area contributed by atoms with Crippen LogP contribution in [0, 0.1) is 10.1 Å². The average Bonchev–Trinajstić information content (AvgIpc) is 3.11. The van der Waals surface area contributed by atoms with E-state index in [0.717, 1.165) is 10.5 Å². The summed E-state index contributed by atoms with van der Waals surface area (Å²) in [5.74, 6) is -0.672. The fourth-order valence-electron chi connectivity index (χ4n) is 4.43. The Hall–Kier alpha value is -2.38. The molecule has 134 valence electrons. The Morgan fingerprint density at radius 3 is 2.58 bits per heavy atom. The van der Waals surface area contributed by atoms with Crippen molar-refractivity contribution in [3.63, 3.8) is 0 Å². The van der Waals surface area contributed by atoms with Gasteiger partial charge in [0.25, 0.3) is 11.9 Å². The number of carbonyl (C=O) groups is 1. The van der Waals surface area contributed by atoms with Crippen LogP contribution in [0.25, 0.3) is 0 Å². The molecule has 1 N–H and O–H groups in total. The molecule has 1 fully saturated rings. The van der Waals surface area contributed by atoms with Gasteiger partial charge in [0.15, 0.2) is 5.54 Å². The van der Waals surface area contributed by atoms with Gasteiger partial charge in [-0.05, 0) is 37.1 Å². The highest BCUT2D eigenvalue weighted by Crippen LogP contribution is 2.51. The van der Waals surface area contributed by atoms with Crippen LogP contribution < -0.4 is 5.32 Å². The highest BCUT2D eigenvalue weighted by atomic mass is 32.2. The largest absolute Gasteiger partial charge is 0.324 e. The number of amides is 1. The van der Waals surface area contributed by atoms with Crippen LogP contribution in [0.2, 0.25) is 0 Å². The van der Waals surface area contributed by atoms with E-state index in [4.69, 9.17) is 0 Å². The summed E-state index contributed by atoms with van der Waals surface area (Å²) in [5, 5.41) is 15.0. The third kappa shape index (κ3) is 2.20. The van der Waals surface area contributed by atoms with Gasteiger partial charge in [0.05, 0.1) is 5.92 Å². The Balaban J connectivity index is 1.86. The van der Waals surface area contributed by atoms with Gasteiger partial charge in [-0.1, -0.05) is 30.3 Å². The lowest BCUT2D eigenvalue weighted by Gasteiger charge is -2.30. The number of carbonyl (C=O) groups excluding carboxylic acids is 1. The summed E-state index contributed by atoms with van der Waals surface area (Å²) in [4.78, 5) is 27.8. The maximum Gasteiger partial charge on any atom is 0.256 e. The summed E-state index contributed by atoms with van der Waals surface area (Å²) < 4.78 is 0. The van der Waals surface area contributed by atoms with Crippen molar-refractivity contribution in [2.75, 3.05) is 25.2 Å². The number of hydrogen-bond acceptors (Lipinski definition) is 5. The maximum atomic E-state index is 13.0. The smallest absolute Gasteiger partial charge is 0.256 e. The molecule has 3 atom stereocenters. The quantitative estimate of drug-likeness (QED) is 0.511. The molecule has 1 amide bonds. The standard InChI is InChI=1S/C19H19N3O3S/c1-21-11-14(12-7-9-13(26-2)10-8-12)17(22(24)25)19(21)15-5-3-4-6-16(15)20-18(19)23/h3-10,14,17H,11H2,1-2H3,(H,20,23)/t14-,17+,19-/m0/s1. The van der Waals surface area contributed by atoms with Crippen molar-refractivity contribution in [2.45, 2.75) is 22.4 Å². The lowest BCUT2D eigenvalue weighted by atomic mass is 9.79. The molecule has 0 unspecified atom stereocenters. The summed E-state index contributed by atoms with van der Waals surface area (Å²) >= 11 is 1.63. The first-order chi connectivity index (χ1) is 12.5. The van der Waals surface area contributed by atoms with Crippen LogP contribution in [0.4, 0.5) is 5.69 Å². The monoisotopic (exact) mass is 369 g/mol. The fourth-order valence-corrected chi connectivity index (χ4v) is 4.84. The lowest BCUT2D eigenvalue weighted by Crippen LogP contribution is -2.54. The number of para-hydroxylation sites is 1. The van der Waals surface area contributed by atoms with E-state index in [9.17, 15) is 14.9 Å². The zero-order valence-corrected chi connectivity index (χ0v) is 15.3. The Kier molecular flexibility index (Phi) is 4.00. The number of likely N-dealkylation sites (N-methyl/N-ethyl adjacent to an activating group) is 1. The van der Waals surface area contributed by atoms with Crippen LogP contribution in [-0.2, 0) is 10.3 Å². The molecule has 26 heavy (non-hydrogen) atoms. The number of nitrogens with one attached hydrogen (secondary N) is 1. The lowest BCUT2D eigenvalue weighted by molar-refractivity contribution is -0.534. The van der Waals surface area contributed by atoms with E-state index in [1.165, 1.54) is 0 Å². The van der Waals surface area contributed by atoms with Crippen LogP contribution >= 0.6 is 11.8 Å². The topological polar surface area (TPSA) is 75.5 Å².